The number of nitrogens with zero attached hydrogens (tertiary/aromatic N) is 2. The Morgan fingerprint density at radius 3 is 3.00 bits per heavy atom. The van der Waals surface area contributed by atoms with E-state index in [1.165, 1.54) is 0 Å². The molecule has 100 valence electrons. The lowest BCUT2D eigenvalue weighted by molar-refractivity contribution is 0.0936. The van der Waals surface area contributed by atoms with Crippen molar-refractivity contribution in [1.29, 1.82) is 0 Å². The maximum absolute atomic E-state index is 12.0. The lowest BCUT2D eigenvalue weighted by atomic mass is 10.0. The van der Waals surface area contributed by atoms with Crippen LogP contribution < -0.4 is 5.32 Å². The first-order valence-corrected chi connectivity index (χ1v) is 6.55. The van der Waals surface area contributed by atoms with Gasteiger partial charge in [0.25, 0.3) is 5.91 Å². The molecular formula is C14H17N3O2. The van der Waals surface area contributed by atoms with Crippen LogP contribution in [-0.2, 0) is 0 Å². The summed E-state index contributed by atoms with van der Waals surface area (Å²) < 4.78 is 1.83. The van der Waals surface area contributed by atoms with E-state index in [0.29, 0.717) is 12.2 Å². The van der Waals surface area contributed by atoms with Gasteiger partial charge in [0.2, 0.25) is 0 Å². The van der Waals surface area contributed by atoms with Crippen molar-refractivity contribution >= 4 is 11.6 Å². The van der Waals surface area contributed by atoms with Crippen LogP contribution in [-0.4, -0.2) is 33.6 Å². The van der Waals surface area contributed by atoms with Gasteiger partial charge < -0.3 is 14.8 Å². The van der Waals surface area contributed by atoms with E-state index in [4.69, 9.17) is 5.11 Å². The molecular weight excluding hydrogens is 242 g/mol. The van der Waals surface area contributed by atoms with Gasteiger partial charge in [0, 0.05) is 25.5 Å². The molecule has 2 N–H and O–H groups in total. The number of carbonyl (C=O) groups excluding carboxylic acids is 1. The van der Waals surface area contributed by atoms with Crippen molar-refractivity contribution in [3.8, 4) is 0 Å². The summed E-state index contributed by atoms with van der Waals surface area (Å²) in [6.07, 6.45) is 6.53. The number of hydrogen-bond acceptors (Lipinski definition) is 3. The van der Waals surface area contributed by atoms with Crippen LogP contribution in [0.2, 0.25) is 0 Å². The molecule has 0 aromatic carbocycles. The fourth-order valence-corrected chi connectivity index (χ4v) is 2.33. The Morgan fingerprint density at radius 1 is 1.47 bits per heavy atom. The molecule has 0 aliphatic heterocycles. The van der Waals surface area contributed by atoms with E-state index in [-0.39, 0.29) is 17.9 Å². The highest BCUT2D eigenvalue weighted by Gasteiger charge is 2.41. The van der Waals surface area contributed by atoms with Gasteiger partial charge in [0.1, 0.15) is 11.3 Å². The minimum Gasteiger partial charge on any atom is -0.396 e. The van der Waals surface area contributed by atoms with E-state index in [1.807, 2.05) is 28.8 Å². The highest BCUT2D eigenvalue weighted by atomic mass is 16.3. The first-order chi connectivity index (χ1) is 9.22. The number of aromatic nitrogens is 2. The molecule has 5 nitrogen and oxygen atoms in total. The second-order valence-electron chi connectivity index (χ2n) is 5.25. The summed E-state index contributed by atoms with van der Waals surface area (Å²) in [5.74, 6) is -0.145. The number of fused-ring (bicyclic) bond motifs is 1. The van der Waals surface area contributed by atoms with Gasteiger partial charge >= 0.3 is 0 Å². The SMILES string of the molecule is O=C(NCC1(CCO)CC1)c1cn2ccccc2n1. The number of amides is 1. The molecule has 1 aliphatic carbocycles. The summed E-state index contributed by atoms with van der Waals surface area (Å²) in [7, 11) is 0. The zero-order valence-corrected chi connectivity index (χ0v) is 10.7. The van der Waals surface area contributed by atoms with Gasteiger partial charge in [-0.3, -0.25) is 4.79 Å². The molecule has 0 spiro atoms. The molecule has 2 aromatic rings. The van der Waals surface area contributed by atoms with E-state index in [2.05, 4.69) is 10.3 Å². The number of hydrogen-bond donors (Lipinski definition) is 2. The number of carbonyl (C=O) groups is 1. The van der Waals surface area contributed by atoms with Gasteiger partial charge in [-0.25, -0.2) is 4.98 Å². The topological polar surface area (TPSA) is 66.6 Å². The first kappa shape index (κ1) is 12.2. The molecule has 1 amide bonds. The van der Waals surface area contributed by atoms with Gasteiger partial charge in [-0.2, -0.15) is 0 Å². The van der Waals surface area contributed by atoms with Crippen LogP contribution in [0.5, 0.6) is 0 Å². The Balaban J connectivity index is 1.67. The number of aliphatic hydroxyl groups is 1. The van der Waals surface area contributed by atoms with E-state index in [1.54, 1.807) is 6.20 Å². The molecule has 1 saturated carbocycles. The van der Waals surface area contributed by atoms with Crippen LogP contribution in [0.25, 0.3) is 5.65 Å². The summed E-state index contributed by atoms with van der Waals surface area (Å²) in [5.41, 5.74) is 1.33. The maximum Gasteiger partial charge on any atom is 0.271 e. The lowest BCUT2D eigenvalue weighted by Crippen LogP contribution is -2.30. The third-order valence-corrected chi connectivity index (χ3v) is 3.82. The molecule has 2 aromatic heterocycles. The Bertz CT molecular complexity index is 569. The fraction of sp³-hybridized carbons (Fsp3) is 0.429. The van der Waals surface area contributed by atoms with E-state index >= 15 is 0 Å². The molecule has 1 aliphatic rings. The summed E-state index contributed by atoms with van der Waals surface area (Å²) >= 11 is 0. The molecule has 1 fully saturated rings. The minimum absolute atomic E-state index is 0.129. The fourth-order valence-electron chi connectivity index (χ4n) is 2.33. The standard InChI is InChI=1S/C14H17N3O2/c18-8-6-14(4-5-14)10-15-13(19)11-9-17-7-2-1-3-12(17)16-11/h1-3,7,9,18H,4-6,8,10H2,(H,15,19). The van der Waals surface area contributed by atoms with Crippen molar-refractivity contribution < 1.29 is 9.90 Å². The second-order valence-corrected chi connectivity index (χ2v) is 5.25. The van der Waals surface area contributed by atoms with Crippen LogP contribution in [0.1, 0.15) is 29.8 Å². The summed E-state index contributed by atoms with van der Waals surface area (Å²) in [5, 5.41) is 11.9. The number of nitrogens with one attached hydrogen (secondary N) is 1. The van der Waals surface area contributed by atoms with Gasteiger partial charge in [0.15, 0.2) is 0 Å². The lowest BCUT2D eigenvalue weighted by Gasteiger charge is -2.13. The van der Waals surface area contributed by atoms with E-state index < -0.39 is 0 Å². The molecule has 0 atom stereocenters. The van der Waals surface area contributed by atoms with E-state index in [0.717, 1.165) is 24.9 Å². The van der Waals surface area contributed by atoms with Crippen molar-refractivity contribution in [3.63, 3.8) is 0 Å². The van der Waals surface area contributed by atoms with E-state index in [9.17, 15) is 4.79 Å². The molecule has 0 bridgehead atoms. The summed E-state index contributed by atoms with van der Waals surface area (Å²) in [6, 6.07) is 5.66. The molecule has 0 saturated heterocycles. The van der Waals surface area contributed by atoms with Gasteiger partial charge in [-0.15, -0.1) is 0 Å². The minimum atomic E-state index is -0.145. The Kier molecular flexibility index (Phi) is 2.98. The molecule has 0 radical (unpaired) electrons. The zero-order chi connectivity index (χ0) is 13.3. The van der Waals surface area contributed by atoms with Crippen LogP contribution in [0.3, 0.4) is 0 Å². The smallest absolute Gasteiger partial charge is 0.271 e. The Labute approximate surface area is 111 Å². The first-order valence-electron chi connectivity index (χ1n) is 6.55. The molecule has 0 unspecified atom stereocenters. The highest BCUT2D eigenvalue weighted by molar-refractivity contribution is 5.92. The van der Waals surface area contributed by atoms with Crippen molar-refractivity contribution in [2.24, 2.45) is 5.41 Å². The second kappa shape index (κ2) is 4.66. The third-order valence-electron chi connectivity index (χ3n) is 3.82. The monoisotopic (exact) mass is 259 g/mol. The Morgan fingerprint density at radius 2 is 2.32 bits per heavy atom. The predicted octanol–water partition coefficient (Wildman–Crippen LogP) is 1.23. The number of aliphatic hydroxyl groups excluding tert-OH is 1. The van der Waals surface area contributed by atoms with Crippen molar-refractivity contribution in [2.45, 2.75) is 19.3 Å². The van der Waals surface area contributed by atoms with Gasteiger partial charge in [-0.05, 0) is 36.8 Å². The number of rotatable bonds is 5. The largest absolute Gasteiger partial charge is 0.396 e. The Hall–Kier alpha value is -1.88. The molecule has 2 heterocycles. The molecule has 3 rings (SSSR count). The van der Waals surface area contributed by atoms with Crippen molar-refractivity contribution in [2.75, 3.05) is 13.2 Å². The average molecular weight is 259 g/mol. The van der Waals surface area contributed by atoms with Crippen molar-refractivity contribution in [3.05, 3.63) is 36.3 Å². The number of pyridine rings is 1. The average Bonchev–Trinajstić information content (AvgIpc) is 3.04. The normalized spacial score (nSPS) is 16.5. The molecule has 19 heavy (non-hydrogen) atoms. The van der Waals surface area contributed by atoms with Crippen LogP contribution in [0, 0.1) is 5.41 Å². The third kappa shape index (κ3) is 2.46. The van der Waals surface area contributed by atoms with Crippen LogP contribution in [0.15, 0.2) is 30.6 Å². The highest BCUT2D eigenvalue weighted by Crippen LogP contribution is 2.47. The number of imidazole rings is 1. The van der Waals surface area contributed by atoms with Gasteiger partial charge in [0.05, 0.1) is 0 Å². The summed E-state index contributed by atoms with van der Waals surface area (Å²) in [4.78, 5) is 16.3. The zero-order valence-electron chi connectivity index (χ0n) is 10.7. The summed E-state index contributed by atoms with van der Waals surface area (Å²) in [6.45, 7) is 0.810. The molecule has 5 heteroatoms. The quantitative estimate of drug-likeness (QED) is 0.848. The predicted molar refractivity (Wildman–Crippen MR) is 70.9 cm³/mol. The van der Waals surface area contributed by atoms with Crippen LogP contribution >= 0.6 is 0 Å². The van der Waals surface area contributed by atoms with Crippen LogP contribution in [0.4, 0.5) is 0 Å². The van der Waals surface area contributed by atoms with Crippen molar-refractivity contribution in [1.82, 2.24) is 14.7 Å². The maximum atomic E-state index is 12.0. The van der Waals surface area contributed by atoms with Gasteiger partial charge in [-0.1, -0.05) is 6.07 Å².